The second-order valence-corrected chi connectivity index (χ2v) is 11.3. The second-order valence-electron chi connectivity index (χ2n) is 8.75. The molecule has 2 saturated heterocycles. The fourth-order valence-corrected chi connectivity index (χ4v) is 5.94. The molecule has 1 atom stereocenters. The Bertz CT molecular complexity index is 1120. The molecule has 0 unspecified atom stereocenters. The average molecular weight is 523 g/mol. The normalized spacial score (nSPS) is 20.0. The third-order valence-corrected chi connectivity index (χ3v) is 8.47. The lowest BCUT2D eigenvalue weighted by Gasteiger charge is -2.32. The summed E-state index contributed by atoms with van der Waals surface area (Å²) in [4.78, 5) is 18.9. The molecule has 0 saturated carbocycles. The van der Waals surface area contributed by atoms with Crippen LogP contribution in [0.4, 0.5) is 10.5 Å². The van der Waals surface area contributed by atoms with Crippen LogP contribution in [0.25, 0.3) is 0 Å². The van der Waals surface area contributed by atoms with Crippen molar-refractivity contribution in [2.45, 2.75) is 6.04 Å². The number of anilines is 1. The Kier molecular flexibility index (Phi) is 8.18. The van der Waals surface area contributed by atoms with Crippen molar-refractivity contribution in [2.24, 2.45) is 0 Å². The molecule has 2 aromatic carbocycles. The van der Waals surface area contributed by atoms with Crippen molar-refractivity contribution in [1.82, 2.24) is 14.1 Å². The first-order valence-corrected chi connectivity index (χ1v) is 13.6. The maximum absolute atomic E-state index is 13.5. The molecule has 9 nitrogen and oxygen atoms in total. The van der Waals surface area contributed by atoms with Crippen molar-refractivity contribution < 1.29 is 23.1 Å². The van der Waals surface area contributed by atoms with E-state index in [1.165, 1.54) is 4.31 Å². The van der Waals surface area contributed by atoms with E-state index in [4.69, 9.17) is 21.4 Å². The monoisotopic (exact) mass is 522 g/mol. The van der Waals surface area contributed by atoms with Gasteiger partial charge in [0, 0.05) is 50.0 Å². The molecular weight excluding hydrogens is 492 g/mol. The fraction of sp³-hybridized carbons (Fsp3) is 0.458. The first-order chi connectivity index (χ1) is 16.8. The van der Waals surface area contributed by atoms with Gasteiger partial charge in [0.2, 0.25) is 10.0 Å². The lowest BCUT2D eigenvalue weighted by atomic mass is 10.1. The highest BCUT2D eigenvalue weighted by atomic mass is 35.5. The van der Waals surface area contributed by atoms with Gasteiger partial charge in [0.1, 0.15) is 12.4 Å². The molecule has 2 amide bonds. The van der Waals surface area contributed by atoms with Crippen LogP contribution in [0, 0.1) is 0 Å². The highest BCUT2D eigenvalue weighted by Gasteiger charge is 2.40. The van der Waals surface area contributed by atoms with Gasteiger partial charge in [-0.15, -0.1) is 0 Å². The van der Waals surface area contributed by atoms with Gasteiger partial charge in [0.15, 0.2) is 0 Å². The summed E-state index contributed by atoms with van der Waals surface area (Å²) in [5.74, 6) is 0.472. The quantitative estimate of drug-likeness (QED) is 0.543. The predicted molar refractivity (Wildman–Crippen MR) is 136 cm³/mol. The Morgan fingerprint density at radius 1 is 1.09 bits per heavy atom. The van der Waals surface area contributed by atoms with Crippen LogP contribution in [0.1, 0.15) is 11.6 Å². The number of aliphatic hydroxyl groups is 1. The van der Waals surface area contributed by atoms with Gasteiger partial charge < -0.3 is 19.6 Å². The molecule has 0 aliphatic carbocycles. The van der Waals surface area contributed by atoms with Crippen molar-refractivity contribution in [3.05, 3.63) is 59.1 Å². The van der Waals surface area contributed by atoms with Gasteiger partial charge in [-0.2, -0.15) is 4.31 Å². The number of likely N-dealkylation sites (N-methyl/N-ethyl adjacent to an activating group) is 1. The molecule has 0 bridgehead atoms. The van der Waals surface area contributed by atoms with E-state index < -0.39 is 10.0 Å². The van der Waals surface area contributed by atoms with E-state index in [0.29, 0.717) is 49.2 Å². The molecule has 1 N–H and O–H groups in total. The molecule has 2 heterocycles. The van der Waals surface area contributed by atoms with Crippen LogP contribution < -0.4 is 9.64 Å². The van der Waals surface area contributed by atoms with Crippen molar-refractivity contribution in [3.8, 4) is 5.75 Å². The van der Waals surface area contributed by atoms with E-state index in [2.05, 4.69) is 4.90 Å². The van der Waals surface area contributed by atoms with Gasteiger partial charge in [-0.1, -0.05) is 23.7 Å². The molecule has 11 heteroatoms. The summed E-state index contributed by atoms with van der Waals surface area (Å²) in [5, 5.41) is 9.63. The summed E-state index contributed by atoms with van der Waals surface area (Å²) in [6.45, 7) is 2.84. The number of piperazine rings is 1. The Balaban J connectivity index is 1.55. The molecule has 2 aliphatic heterocycles. The van der Waals surface area contributed by atoms with E-state index in [1.54, 1.807) is 40.1 Å². The number of hydrogen-bond donors (Lipinski definition) is 1. The maximum atomic E-state index is 13.5. The highest BCUT2D eigenvalue weighted by molar-refractivity contribution is 7.89. The summed E-state index contributed by atoms with van der Waals surface area (Å²) < 4.78 is 33.0. The zero-order valence-electron chi connectivity index (χ0n) is 19.7. The lowest BCUT2D eigenvalue weighted by Crippen LogP contribution is -2.49. The number of ether oxygens (including phenoxy) is 1. The minimum Gasteiger partial charge on any atom is -0.491 e. The van der Waals surface area contributed by atoms with Crippen LogP contribution in [-0.4, -0.2) is 98.9 Å². The summed E-state index contributed by atoms with van der Waals surface area (Å²) in [6.07, 6.45) is 0. The van der Waals surface area contributed by atoms with E-state index in [9.17, 15) is 13.2 Å². The Morgan fingerprint density at radius 3 is 2.49 bits per heavy atom. The Morgan fingerprint density at radius 2 is 1.80 bits per heavy atom. The summed E-state index contributed by atoms with van der Waals surface area (Å²) in [5.41, 5.74) is 1.53. The summed E-state index contributed by atoms with van der Waals surface area (Å²) in [7, 11) is -1.50. The lowest BCUT2D eigenvalue weighted by molar-refractivity contribution is 0.201. The number of benzene rings is 2. The van der Waals surface area contributed by atoms with Crippen LogP contribution in [0.5, 0.6) is 5.75 Å². The molecule has 0 spiro atoms. The Labute approximate surface area is 211 Å². The van der Waals surface area contributed by atoms with Crippen molar-refractivity contribution in [2.75, 3.05) is 70.2 Å². The van der Waals surface area contributed by atoms with E-state index in [0.717, 1.165) is 5.56 Å². The number of amides is 2. The molecule has 2 aliphatic rings. The van der Waals surface area contributed by atoms with Crippen LogP contribution in [0.2, 0.25) is 5.02 Å². The number of aliphatic hydroxyl groups excluding tert-OH is 1. The smallest absolute Gasteiger partial charge is 0.325 e. The number of rotatable bonds is 9. The molecular formula is C24H31ClN4O5S. The average Bonchev–Trinajstić information content (AvgIpc) is 3.18. The third-order valence-electron chi connectivity index (χ3n) is 6.36. The molecule has 0 aromatic heterocycles. The van der Waals surface area contributed by atoms with Crippen LogP contribution in [0.3, 0.4) is 0 Å². The van der Waals surface area contributed by atoms with Gasteiger partial charge in [0.05, 0.1) is 18.4 Å². The van der Waals surface area contributed by atoms with Crippen molar-refractivity contribution in [3.63, 3.8) is 0 Å². The SMILES string of the molecule is CN1CCN(S(=O)(=O)CCN2C[C@H](c3cccc(OCCO)c3)N(c3ccc(Cl)cc3)C2=O)CC1. The molecule has 0 radical (unpaired) electrons. The number of carbonyl (C=O) groups excluding carboxylic acids is 1. The minimum atomic E-state index is -3.47. The number of hydrogen-bond acceptors (Lipinski definition) is 6. The van der Waals surface area contributed by atoms with Crippen LogP contribution in [-0.2, 0) is 10.0 Å². The molecule has 4 rings (SSSR count). The fourth-order valence-electron chi connectivity index (χ4n) is 4.38. The van der Waals surface area contributed by atoms with E-state index >= 15 is 0 Å². The zero-order chi connectivity index (χ0) is 25.0. The summed E-state index contributed by atoms with van der Waals surface area (Å²) >= 11 is 6.06. The standard InChI is InChI=1S/C24H31ClN4O5S/c1-26-9-11-28(12-10-26)35(32,33)16-13-27-18-23(19-3-2-4-22(17-19)34-15-14-30)29(24(27)31)21-7-5-20(25)6-8-21/h2-8,17,23,30H,9-16,18H2,1H3/t23-/m1/s1. The number of sulfonamides is 1. The number of nitrogens with zero attached hydrogens (tertiary/aromatic N) is 4. The van der Waals surface area contributed by atoms with E-state index in [-0.39, 0.29) is 37.6 Å². The Hall–Kier alpha value is -2.37. The minimum absolute atomic E-state index is 0.0986. The molecule has 2 aromatic rings. The number of halogens is 1. The second kappa shape index (κ2) is 11.1. The molecule has 190 valence electrons. The van der Waals surface area contributed by atoms with Crippen molar-refractivity contribution >= 4 is 33.3 Å². The molecule has 35 heavy (non-hydrogen) atoms. The number of carbonyl (C=O) groups is 1. The van der Waals surface area contributed by atoms with E-state index in [1.807, 2.05) is 25.2 Å². The van der Waals surface area contributed by atoms with Gasteiger partial charge in [-0.05, 0) is 49.0 Å². The topological polar surface area (TPSA) is 93.6 Å². The maximum Gasteiger partial charge on any atom is 0.325 e. The zero-order valence-corrected chi connectivity index (χ0v) is 21.3. The highest BCUT2D eigenvalue weighted by Crippen LogP contribution is 2.36. The third kappa shape index (κ3) is 6.07. The predicted octanol–water partition coefficient (Wildman–Crippen LogP) is 2.27. The largest absolute Gasteiger partial charge is 0.491 e. The summed E-state index contributed by atoms with van der Waals surface area (Å²) in [6, 6.07) is 13.8. The van der Waals surface area contributed by atoms with Gasteiger partial charge in [-0.25, -0.2) is 13.2 Å². The van der Waals surface area contributed by atoms with Crippen LogP contribution >= 0.6 is 11.6 Å². The first-order valence-electron chi connectivity index (χ1n) is 11.6. The van der Waals surface area contributed by atoms with Crippen LogP contribution in [0.15, 0.2) is 48.5 Å². The number of urea groups is 1. The van der Waals surface area contributed by atoms with Gasteiger partial charge >= 0.3 is 6.03 Å². The first kappa shape index (κ1) is 25.7. The van der Waals surface area contributed by atoms with Gasteiger partial charge in [-0.3, -0.25) is 4.90 Å². The molecule has 2 fully saturated rings. The van der Waals surface area contributed by atoms with Crippen molar-refractivity contribution in [1.29, 1.82) is 0 Å². The van der Waals surface area contributed by atoms with Gasteiger partial charge in [0.25, 0.3) is 0 Å².